The number of β-lactam (4-membered cyclic amide) rings is 1. The molecule has 1 aromatic carbocycles. The van der Waals surface area contributed by atoms with Crippen LogP contribution in [0.25, 0.3) is 0 Å². The van der Waals surface area contributed by atoms with E-state index in [4.69, 9.17) is 4.74 Å². The Morgan fingerprint density at radius 1 is 1.35 bits per heavy atom. The van der Waals surface area contributed by atoms with E-state index in [-0.39, 0.29) is 6.61 Å². The average Bonchev–Trinajstić information content (AvgIpc) is 2.40. The lowest BCUT2D eigenvalue weighted by atomic mass is 10.1. The van der Waals surface area contributed by atoms with E-state index < -0.39 is 33.1 Å². The van der Waals surface area contributed by atoms with Crippen LogP contribution in [0, 0.1) is 0 Å². The SMILES string of the molecule is CS(=O)(=O)[C@@H]1NC(=O)[C@H]1NC(=O)COc1ccccc1. The van der Waals surface area contributed by atoms with E-state index in [0.717, 1.165) is 6.26 Å². The van der Waals surface area contributed by atoms with E-state index >= 15 is 0 Å². The molecule has 8 heteroatoms. The van der Waals surface area contributed by atoms with Crippen molar-refractivity contribution in [1.82, 2.24) is 10.6 Å². The first-order valence-corrected chi connectivity index (χ1v) is 7.80. The second kappa shape index (κ2) is 5.49. The molecule has 0 aromatic heterocycles. The van der Waals surface area contributed by atoms with Crippen LogP contribution in [-0.2, 0) is 19.4 Å². The molecule has 7 nitrogen and oxygen atoms in total. The van der Waals surface area contributed by atoms with Crippen LogP contribution >= 0.6 is 0 Å². The molecule has 0 bridgehead atoms. The maximum atomic E-state index is 11.6. The summed E-state index contributed by atoms with van der Waals surface area (Å²) >= 11 is 0. The summed E-state index contributed by atoms with van der Waals surface area (Å²) in [6.45, 7) is -0.287. The third kappa shape index (κ3) is 3.27. The molecule has 0 spiro atoms. The van der Waals surface area contributed by atoms with Crippen molar-refractivity contribution in [3.63, 3.8) is 0 Å². The van der Waals surface area contributed by atoms with Gasteiger partial charge in [-0.3, -0.25) is 9.59 Å². The van der Waals surface area contributed by atoms with Crippen molar-refractivity contribution in [1.29, 1.82) is 0 Å². The molecule has 1 aliphatic heterocycles. The zero-order valence-electron chi connectivity index (χ0n) is 10.7. The lowest BCUT2D eigenvalue weighted by Crippen LogP contribution is -2.71. The second-order valence-corrected chi connectivity index (χ2v) is 6.57. The number of hydrogen-bond acceptors (Lipinski definition) is 5. The zero-order chi connectivity index (χ0) is 14.8. The number of benzene rings is 1. The van der Waals surface area contributed by atoms with Crippen molar-refractivity contribution in [2.24, 2.45) is 0 Å². The minimum atomic E-state index is -3.45. The molecule has 20 heavy (non-hydrogen) atoms. The monoisotopic (exact) mass is 298 g/mol. The quantitative estimate of drug-likeness (QED) is 0.683. The largest absolute Gasteiger partial charge is 0.484 e. The van der Waals surface area contributed by atoms with Gasteiger partial charge < -0.3 is 15.4 Å². The maximum absolute atomic E-state index is 11.6. The van der Waals surface area contributed by atoms with Crippen LogP contribution in [0.5, 0.6) is 5.75 Å². The number of para-hydroxylation sites is 1. The van der Waals surface area contributed by atoms with Gasteiger partial charge in [-0.1, -0.05) is 18.2 Å². The molecule has 2 atom stereocenters. The number of amides is 2. The van der Waals surface area contributed by atoms with Crippen LogP contribution in [0.1, 0.15) is 0 Å². The van der Waals surface area contributed by atoms with Crippen molar-refractivity contribution in [3.05, 3.63) is 30.3 Å². The maximum Gasteiger partial charge on any atom is 0.258 e. The van der Waals surface area contributed by atoms with E-state index in [1.165, 1.54) is 0 Å². The number of sulfone groups is 1. The van der Waals surface area contributed by atoms with E-state index in [9.17, 15) is 18.0 Å². The summed E-state index contributed by atoms with van der Waals surface area (Å²) in [7, 11) is -3.45. The van der Waals surface area contributed by atoms with E-state index in [1.807, 2.05) is 6.07 Å². The minimum Gasteiger partial charge on any atom is -0.484 e. The molecule has 1 fully saturated rings. The molecule has 1 aliphatic rings. The first-order valence-electron chi connectivity index (χ1n) is 5.84. The Morgan fingerprint density at radius 3 is 2.55 bits per heavy atom. The van der Waals surface area contributed by atoms with Crippen LogP contribution in [-0.4, -0.2) is 44.5 Å². The Bertz CT molecular complexity index is 614. The van der Waals surface area contributed by atoms with Gasteiger partial charge in [-0.2, -0.15) is 0 Å². The van der Waals surface area contributed by atoms with Gasteiger partial charge in [0, 0.05) is 6.26 Å². The van der Waals surface area contributed by atoms with Gasteiger partial charge in [0.25, 0.3) is 5.91 Å². The first kappa shape index (κ1) is 14.3. The standard InChI is InChI=1S/C12H14N2O5S/c1-20(17,18)12-10(11(16)14-12)13-9(15)7-19-8-5-3-2-4-6-8/h2-6,10,12H,7H2,1H3,(H,13,15)(H,14,16)/t10-,12+/m1/s1. The summed E-state index contributed by atoms with van der Waals surface area (Å²) in [5.74, 6) is -0.559. The second-order valence-electron chi connectivity index (χ2n) is 4.41. The topological polar surface area (TPSA) is 102 Å². The molecule has 108 valence electrons. The molecule has 1 saturated heterocycles. The third-order valence-corrected chi connectivity index (χ3v) is 4.07. The molecule has 0 saturated carbocycles. The lowest BCUT2D eigenvalue weighted by molar-refractivity contribution is -0.135. The van der Waals surface area contributed by atoms with Crippen LogP contribution in [0.2, 0.25) is 0 Å². The predicted molar refractivity (Wildman–Crippen MR) is 70.6 cm³/mol. The van der Waals surface area contributed by atoms with Crippen LogP contribution in [0.4, 0.5) is 0 Å². The normalized spacial score (nSPS) is 21.6. The fourth-order valence-electron chi connectivity index (χ4n) is 1.73. The van der Waals surface area contributed by atoms with Gasteiger partial charge in [0.2, 0.25) is 5.91 Å². The molecule has 2 N–H and O–H groups in total. The molecule has 2 rings (SSSR count). The highest BCUT2D eigenvalue weighted by molar-refractivity contribution is 7.91. The van der Waals surface area contributed by atoms with Gasteiger partial charge in [-0.05, 0) is 12.1 Å². The van der Waals surface area contributed by atoms with Crippen molar-refractivity contribution >= 4 is 21.7 Å². The van der Waals surface area contributed by atoms with Crippen molar-refractivity contribution in [3.8, 4) is 5.75 Å². The number of hydrogen-bond donors (Lipinski definition) is 2. The van der Waals surface area contributed by atoms with Gasteiger partial charge >= 0.3 is 0 Å². The summed E-state index contributed by atoms with van der Waals surface area (Å²) in [6.07, 6.45) is 0.997. The van der Waals surface area contributed by atoms with Crippen LogP contribution in [0.15, 0.2) is 30.3 Å². The number of ether oxygens (including phenoxy) is 1. The van der Waals surface area contributed by atoms with Gasteiger partial charge in [0.05, 0.1) is 0 Å². The highest BCUT2D eigenvalue weighted by Crippen LogP contribution is 2.12. The molecule has 0 aliphatic carbocycles. The summed E-state index contributed by atoms with van der Waals surface area (Å²) in [4.78, 5) is 22.9. The Kier molecular flexibility index (Phi) is 3.93. The Labute approximate surface area is 116 Å². The molecule has 0 unspecified atom stereocenters. The smallest absolute Gasteiger partial charge is 0.258 e. The fourth-order valence-corrected chi connectivity index (χ4v) is 2.75. The first-order chi connectivity index (χ1) is 9.38. The predicted octanol–water partition coefficient (Wildman–Crippen LogP) is -0.949. The van der Waals surface area contributed by atoms with Crippen LogP contribution < -0.4 is 15.4 Å². The zero-order valence-corrected chi connectivity index (χ0v) is 11.5. The molecule has 1 aromatic rings. The lowest BCUT2D eigenvalue weighted by Gasteiger charge is -2.35. The van der Waals surface area contributed by atoms with Crippen molar-refractivity contribution in [2.75, 3.05) is 12.9 Å². The average molecular weight is 298 g/mol. The van der Waals surface area contributed by atoms with Gasteiger partial charge in [-0.15, -0.1) is 0 Å². The highest BCUT2D eigenvalue weighted by Gasteiger charge is 2.46. The molecular formula is C12H14N2O5S. The molecule has 0 radical (unpaired) electrons. The Hall–Kier alpha value is -2.09. The number of rotatable bonds is 5. The van der Waals surface area contributed by atoms with Crippen molar-refractivity contribution < 1.29 is 22.7 Å². The number of nitrogens with one attached hydrogen (secondary N) is 2. The van der Waals surface area contributed by atoms with Gasteiger partial charge in [-0.25, -0.2) is 8.42 Å². The highest BCUT2D eigenvalue weighted by atomic mass is 32.2. The van der Waals surface area contributed by atoms with Gasteiger partial charge in [0.15, 0.2) is 21.8 Å². The number of carbonyl (C=O) groups is 2. The summed E-state index contributed by atoms with van der Waals surface area (Å²) < 4.78 is 27.9. The number of carbonyl (C=O) groups excluding carboxylic acids is 2. The Balaban J connectivity index is 1.87. The van der Waals surface area contributed by atoms with E-state index in [2.05, 4.69) is 10.6 Å². The summed E-state index contributed by atoms with van der Waals surface area (Å²) in [5.41, 5.74) is 0. The molecular weight excluding hydrogens is 284 g/mol. The van der Waals surface area contributed by atoms with Crippen molar-refractivity contribution in [2.45, 2.75) is 11.4 Å². The molecule has 2 amide bonds. The van der Waals surface area contributed by atoms with E-state index in [1.54, 1.807) is 24.3 Å². The van der Waals surface area contributed by atoms with Crippen LogP contribution in [0.3, 0.4) is 0 Å². The minimum absolute atomic E-state index is 0.287. The third-order valence-electron chi connectivity index (χ3n) is 2.76. The summed E-state index contributed by atoms with van der Waals surface area (Å²) in [6, 6.07) is 7.63. The van der Waals surface area contributed by atoms with E-state index in [0.29, 0.717) is 5.75 Å². The summed E-state index contributed by atoms with van der Waals surface area (Å²) in [5, 5.41) is 3.49. The Morgan fingerprint density at radius 2 is 2.00 bits per heavy atom. The van der Waals surface area contributed by atoms with Gasteiger partial charge in [0.1, 0.15) is 11.8 Å². The molecule has 1 heterocycles. The fraction of sp³-hybridized carbons (Fsp3) is 0.333.